The Balaban J connectivity index is 1.94. The van der Waals surface area contributed by atoms with Gasteiger partial charge in [-0.05, 0) is 13.3 Å². The molecule has 1 heterocycles. The van der Waals surface area contributed by atoms with Gasteiger partial charge in [0.2, 0.25) is 5.82 Å². The zero-order valence-corrected chi connectivity index (χ0v) is 10.6. The maximum absolute atomic E-state index is 11.9. The number of nitrogens with one attached hydrogen (secondary N) is 2. The average molecular weight is 253 g/mol. The lowest BCUT2D eigenvalue weighted by molar-refractivity contribution is -0.0301. The van der Waals surface area contributed by atoms with Crippen molar-refractivity contribution in [1.29, 1.82) is 0 Å². The normalized spacial score (nSPS) is 26.7. The molecule has 2 rings (SSSR count). The minimum atomic E-state index is -0.309. The average Bonchev–Trinajstić information content (AvgIpc) is 2.84. The van der Waals surface area contributed by atoms with Gasteiger partial charge in [-0.2, -0.15) is 0 Å². The molecule has 1 saturated carbocycles. The number of nitrogens with two attached hydrogens (primary N) is 1. The van der Waals surface area contributed by atoms with Crippen molar-refractivity contribution in [3.05, 3.63) is 11.6 Å². The standard InChI is InChI=1S/C11H19N5O2/c1-3-8-13-10(16-15-8)11(17)14-9-6(12)5-7(9)18-4-2/h6-7,9H,3-5,12H2,1-2H3,(H,14,17)(H,13,15,16). The summed E-state index contributed by atoms with van der Waals surface area (Å²) >= 11 is 0. The van der Waals surface area contributed by atoms with Gasteiger partial charge in [0.15, 0.2) is 0 Å². The molecule has 0 saturated heterocycles. The number of aromatic amines is 1. The van der Waals surface area contributed by atoms with Crippen LogP contribution in [0.4, 0.5) is 0 Å². The van der Waals surface area contributed by atoms with Gasteiger partial charge in [-0.25, -0.2) is 4.98 Å². The van der Waals surface area contributed by atoms with E-state index in [0.717, 1.165) is 6.42 Å². The molecule has 1 aromatic rings. The molecule has 1 amide bonds. The molecule has 1 aromatic heterocycles. The van der Waals surface area contributed by atoms with E-state index >= 15 is 0 Å². The lowest BCUT2D eigenvalue weighted by Gasteiger charge is -2.42. The Labute approximate surface area is 105 Å². The number of carbonyl (C=O) groups excluding carboxylic acids is 1. The number of hydrogen-bond acceptors (Lipinski definition) is 5. The van der Waals surface area contributed by atoms with Crippen molar-refractivity contribution >= 4 is 5.91 Å². The summed E-state index contributed by atoms with van der Waals surface area (Å²) in [5.74, 6) is 0.538. The van der Waals surface area contributed by atoms with Gasteiger partial charge in [-0.3, -0.25) is 9.89 Å². The summed E-state index contributed by atoms with van der Waals surface area (Å²) in [4.78, 5) is 16.0. The Morgan fingerprint density at radius 3 is 2.94 bits per heavy atom. The second-order valence-corrected chi connectivity index (χ2v) is 4.35. The Kier molecular flexibility index (Phi) is 3.93. The third kappa shape index (κ3) is 2.51. The Morgan fingerprint density at radius 1 is 1.61 bits per heavy atom. The summed E-state index contributed by atoms with van der Waals surface area (Å²) in [5, 5.41) is 9.39. The summed E-state index contributed by atoms with van der Waals surface area (Å²) in [6, 6.07) is -0.212. The highest BCUT2D eigenvalue weighted by molar-refractivity contribution is 5.90. The van der Waals surface area contributed by atoms with Gasteiger partial charge in [-0.15, -0.1) is 5.10 Å². The molecule has 18 heavy (non-hydrogen) atoms. The first-order chi connectivity index (χ1) is 8.65. The first-order valence-electron chi connectivity index (χ1n) is 6.25. The number of ether oxygens (including phenoxy) is 1. The Bertz CT molecular complexity index is 417. The zero-order valence-electron chi connectivity index (χ0n) is 10.6. The number of aryl methyl sites for hydroxylation is 1. The van der Waals surface area contributed by atoms with Gasteiger partial charge in [0.05, 0.1) is 12.1 Å². The summed E-state index contributed by atoms with van der Waals surface area (Å²) in [6.45, 7) is 4.48. The van der Waals surface area contributed by atoms with Crippen LogP contribution in [0.15, 0.2) is 0 Å². The second kappa shape index (κ2) is 5.45. The van der Waals surface area contributed by atoms with Crippen molar-refractivity contribution in [2.75, 3.05) is 6.61 Å². The van der Waals surface area contributed by atoms with Gasteiger partial charge in [0.1, 0.15) is 5.82 Å². The Hall–Kier alpha value is -1.47. The van der Waals surface area contributed by atoms with E-state index in [0.29, 0.717) is 18.9 Å². The Morgan fingerprint density at radius 2 is 2.39 bits per heavy atom. The van der Waals surface area contributed by atoms with Crippen LogP contribution in [0.5, 0.6) is 0 Å². The fourth-order valence-corrected chi connectivity index (χ4v) is 2.00. The van der Waals surface area contributed by atoms with Gasteiger partial charge >= 0.3 is 0 Å². The molecular formula is C11H19N5O2. The molecule has 1 fully saturated rings. The molecule has 3 unspecified atom stereocenters. The predicted molar refractivity (Wildman–Crippen MR) is 65.0 cm³/mol. The molecule has 7 heteroatoms. The van der Waals surface area contributed by atoms with E-state index in [4.69, 9.17) is 10.5 Å². The van der Waals surface area contributed by atoms with Crippen LogP contribution in [0.1, 0.15) is 36.7 Å². The second-order valence-electron chi connectivity index (χ2n) is 4.35. The van der Waals surface area contributed by atoms with Gasteiger partial charge in [0, 0.05) is 19.1 Å². The van der Waals surface area contributed by atoms with Crippen molar-refractivity contribution in [2.24, 2.45) is 5.73 Å². The first kappa shape index (κ1) is 13.0. The number of hydrogen-bond donors (Lipinski definition) is 3. The SMILES string of the molecule is CCOC1CC(N)C1NC(=O)c1n[nH]c(CC)n1. The topological polar surface area (TPSA) is 106 Å². The third-order valence-electron chi connectivity index (χ3n) is 3.11. The predicted octanol–water partition coefficient (Wildman–Crippen LogP) is -0.398. The summed E-state index contributed by atoms with van der Waals surface area (Å²) in [7, 11) is 0. The van der Waals surface area contributed by atoms with Crippen molar-refractivity contribution < 1.29 is 9.53 Å². The third-order valence-corrected chi connectivity index (χ3v) is 3.11. The van der Waals surface area contributed by atoms with Crippen LogP contribution in [0, 0.1) is 0 Å². The quantitative estimate of drug-likeness (QED) is 0.662. The fraction of sp³-hybridized carbons (Fsp3) is 0.727. The maximum atomic E-state index is 11.9. The summed E-state index contributed by atoms with van der Waals surface area (Å²) in [5.41, 5.74) is 5.86. The number of aromatic nitrogens is 3. The van der Waals surface area contributed by atoms with Crippen molar-refractivity contribution in [3.8, 4) is 0 Å². The molecule has 7 nitrogen and oxygen atoms in total. The zero-order chi connectivity index (χ0) is 13.1. The van der Waals surface area contributed by atoms with E-state index in [1.54, 1.807) is 0 Å². The van der Waals surface area contributed by atoms with Gasteiger partial charge in [0.25, 0.3) is 5.91 Å². The highest BCUT2D eigenvalue weighted by Crippen LogP contribution is 2.22. The molecule has 0 radical (unpaired) electrons. The van der Waals surface area contributed by atoms with E-state index in [1.165, 1.54) is 0 Å². The molecule has 4 N–H and O–H groups in total. The number of H-pyrrole nitrogens is 1. The van der Waals surface area contributed by atoms with Gasteiger partial charge in [-0.1, -0.05) is 6.92 Å². The molecule has 0 aliphatic heterocycles. The number of nitrogens with zero attached hydrogens (tertiary/aromatic N) is 2. The van der Waals surface area contributed by atoms with Crippen LogP contribution in [0.3, 0.4) is 0 Å². The maximum Gasteiger partial charge on any atom is 0.291 e. The van der Waals surface area contributed by atoms with Crippen LogP contribution in [-0.4, -0.2) is 45.9 Å². The van der Waals surface area contributed by atoms with E-state index in [9.17, 15) is 4.79 Å². The molecule has 0 aromatic carbocycles. The minimum absolute atomic E-state index is 0.00135. The molecule has 1 aliphatic carbocycles. The van der Waals surface area contributed by atoms with E-state index in [1.807, 2.05) is 13.8 Å². The summed E-state index contributed by atoms with van der Waals surface area (Å²) < 4.78 is 5.48. The first-order valence-corrected chi connectivity index (χ1v) is 6.25. The summed E-state index contributed by atoms with van der Waals surface area (Å²) in [6.07, 6.45) is 1.48. The molecule has 1 aliphatic rings. The highest BCUT2D eigenvalue weighted by atomic mass is 16.5. The lowest BCUT2D eigenvalue weighted by Crippen LogP contribution is -2.64. The van der Waals surface area contributed by atoms with E-state index < -0.39 is 0 Å². The molecule has 100 valence electrons. The van der Waals surface area contributed by atoms with Crippen LogP contribution < -0.4 is 11.1 Å². The van der Waals surface area contributed by atoms with Crippen LogP contribution >= 0.6 is 0 Å². The van der Waals surface area contributed by atoms with E-state index in [2.05, 4.69) is 20.5 Å². The highest BCUT2D eigenvalue weighted by Gasteiger charge is 2.40. The molecule has 3 atom stereocenters. The number of carbonyl (C=O) groups is 1. The largest absolute Gasteiger partial charge is 0.376 e. The van der Waals surface area contributed by atoms with Crippen molar-refractivity contribution in [1.82, 2.24) is 20.5 Å². The molecule has 0 spiro atoms. The van der Waals surface area contributed by atoms with E-state index in [-0.39, 0.29) is 29.9 Å². The van der Waals surface area contributed by atoms with Gasteiger partial charge < -0.3 is 15.8 Å². The number of amides is 1. The van der Waals surface area contributed by atoms with Crippen LogP contribution in [0.25, 0.3) is 0 Å². The fourth-order valence-electron chi connectivity index (χ4n) is 2.00. The minimum Gasteiger partial charge on any atom is -0.376 e. The molecule has 0 bridgehead atoms. The van der Waals surface area contributed by atoms with Crippen molar-refractivity contribution in [2.45, 2.75) is 44.9 Å². The van der Waals surface area contributed by atoms with Crippen LogP contribution in [0.2, 0.25) is 0 Å². The molecular weight excluding hydrogens is 234 g/mol. The number of rotatable bonds is 5. The van der Waals surface area contributed by atoms with Crippen molar-refractivity contribution in [3.63, 3.8) is 0 Å². The smallest absolute Gasteiger partial charge is 0.291 e. The van der Waals surface area contributed by atoms with Crippen LogP contribution in [-0.2, 0) is 11.2 Å². The monoisotopic (exact) mass is 253 g/mol. The lowest BCUT2D eigenvalue weighted by atomic mass is 9.83.